The maximum Gasteiger partial charge on any atom is 0.155 e. The fraction of sp³-hybridized carbons (Fsp3) is 0.296. The van der Waals surface area contributed by atoms with Gasteiger partial charge in [0.05, 0.1) is 6.10 Å². The molecule has 0 saturated heterocycles. The third-order valence-electron chi connectivity index (χ3n) is 6.25. The molecule has 4 atom stereocenters. The second-order valence-corrected chi connectivity index (χ2v) is 8.49. The van der Waals surface area contributed by atoms with E-state index in [9.17, 15) is 25.2 Å². The topological polar surface area (TPSA) is 98.0 Å². The van der Waals surface area contributed by atoms with Crippen molar-refractivity contribution in [3.63, 3.8) is 0 Å². The van der Waals surface area contributed by atoms with Crippen LogP contribution >= 0.6 is 0 Å². The zero-order chi connectivity index (χ0) is 23.2. The van der Waals surface area contributed by atoms with E-state index in [4.69, 9.17) is 0 Å². The molecule has 0 fully saturated rings. The van der Waals surface area contributed by atoms with Crippen LogP contribution in [-0.4, -0.2) is 49.6 Å². The van der Waals surface area contributed by atoms with Gasteiger partial charge in [-0.15, -0.1) is 0 Å². The van der Waals surface area contributed by atoms with Crippen LogP contribution in [0.3, 0.4) is 0 Å². The van der Waals surface area contributed by atoms with E-state index < -0.39 is 22.9 Å². The lowest BCUT2D eigenvalue weighted by atomic mass is 9.62. The molecule has 0 bridgehead atoms. The molecule has 32 heavy (non-hydrogen) atoms. The fourth-order valence-electron chi connectivity index (χ4n) is 4.31. The number of aliphatic hydroxyl groups is 4. The van der Waals surface area contributed by atoms with Gasteiger partial charge in [-0.25, -0.2) is 0 Å². The van der Waals surface area contributed by atoms with Crippen molar-refractivity contribution in [1.29, 1.82) is 0 Å². The largest absolute Gasteiger partial charge is 0.390 e. The number of aliphatic hydroxyl groups excluding tert-OH is 1. The van der Waals surface area contributed by atoms with Crippen LogP contribution < -0.4 is 0 Å². The summed E-state index contributed by atoms with van der Waals surface area (Å²) in [6.45, 7) is 1.35. The Labute approximate surface area is 188 Å². The smallest absolute Gasteiger partial charge is 0.155 e. The lowest BCUT2D eigenvalue weighted by molar-refractivity contribution is -0.260. The van der Waals surface area contributed by atoms with Gasteiger partial charge < -0.3 is 25.2 Å². The van der Waals surface area contributed by atoms with Gasteiger partial charge in [-0.1, -0.05) is 91.0 Å². The van der Waals surface area contributed by atoms with Crippen molar-refractivity contribution in [2.24, 2.45) is 0 Å². The Morgan fingerprint density at radius 2 is 1.06 bits per heavy atom. The maximum atomic E-state index is 12.4. The summed E-state index contributed by atoms with van der Waals surface area (Å²) < 4.78 is 0. The van der Waals surface area contributed by atoms with Gasteiger partial charge in [-0.2, -0.15) is 0 Å². The van der Waals surface area contributed by atoms with Crippen LogP contribution in [-0.2, 0) is 24.1 Å². The van der Waals surface area contributed by atoms with Gasteiger partial charge in [0.15, 0.2) is 11.9 Å². The number of hydrogen-bond donors (Lipinski definition) is 4. The van der Waals surface area contributed by atoms with E-state index in [0.717, 1.165) is 0 Å². The molecule has 0 aromatic heterocycles. The molecule has 0 saturated carbocycles. The molecular formula is C27H30O5. The zero-order valence-corrected chi connectivity index (χ0v) is 18.1. The monoisotopic (exact) mass is 434 g/mol. The van der Waals surface area contributed by atoms with Gasteiger partial charge in [0, 0.05) is 19.3 Å². The lowest BCUT2D eigenvalue weighted by Crippen LogP contribution is -2.74. The van der Waals surface area contributed by atoms with Crippen LogP contribution in [0, 0.1) is 0 Å². The number of aldehydes is 1. The Balaban J connectivity index is 2.16. The summed E-state index contributed by atoms with van der Waals surface area (Å²) in [5.41, 5.74) is -5.17. The van der Waals surface area contributed by atoms with Crippen LogP contribution in [0.4, 0.5) is 0 Å². The second-order valence-electron chi connectivity index (χ2n) is 8.49. The van der Waals surface area contributed by atoms with Gasteiger partial charge in [0.1, 0.15) is 11.2 Å². The summed E-state index contributed by atoms with van der Waals surface area (Å²) in [5.74, 6) is 0. The minimum Gasteiger partial charge on any atom is -0.390 e. The summed E-state index contributed by atoms with van der Waals surface area (Å²) in [6, 6.07) is 26.5. The zero-order valence-electron chi connectivity index (χ0n) is 18.1. The van der Waals surface area contributed by atoms with Crippen molar-refractivity contribution < 1.29 is 25.2 Å². The molecular weight excluding hydrogens is 404 g/mol. The van der Waals surface area contributed by atoms with Crippen molar-refractivity contribution in [2.75, 3.05) is 0 Å². The van der Waals surface area contributed by atoms with Crippen LogP contribution in [0.5, 0.6) is 0 Å². The minimum atomic E-state index is -2.41. The number of carbonyl (C=O) groups is 1. The first-order valence-corrected chi connectivity index (χ1v) is 10.7. The number of carbonyl (C=O) groups excluding carboxylic acids is 1. The molecule has 0 unspecified atom stereocenters. The quantitative estimate of drug-likeness (QED) is 0.368. The lowest BCUT2D eigenvalue weighted by Gasteiger charge is -2.52. The van der Waals surface area contributed by atoms with E-state index in [-0.39, 0.29) is 25.5 Å². The molecule has 0 amide bonds. The third-order valence-corrected chi connectivity index (χ3v) is 6.25. The first-order valence-electron chi connectivity index (χ1n) is 10.7. The molecule has 3 aromatic rings. The van der Waals surface area contributed by atoms with Crippen LogP contribution in [0.1, 0.15) is 23.6 Å². The summed E-state index contributed by atoms with van der Waals surface area (Å²) in [4.78, 5) is 12.4. The molecule has 168 valence electrons. The standard InChI is InChI=1S/C27H30O5/c1-21(29)26(31,18-23-13-7-3-8-14-23)27(32,19-24-15-9-4-10-16-24)25(30,20-28)17-22-11-5-2-6-12-22/h2-16,20-21,29-32H,17-19H2,1H3/t21-,25+,26+,27-/m0/s1. The molecule has 4 N–H and O–H groups in total. The van der Waals surface area contributed by atoms with Crippen molar-refractivity contribution >= 4 is 6.29 Å². The number of hydrogen-bond acceptors (Lipinski definition) is 5. The fourth-order valence-corrected chi connectivity index (χ4v) is 4.31. The summed E-state index contributed by atoms with van der Waals surface area (Å²) >= 11 is 0. The van der Waals surface area contributed by atoms with E-state index in [1.807, 2.05) is 12.1 Å². The summed E-state index contributed by atoms with van der Waals surface area (Å²) in [5, 5.41) is 46.3. The molecule has 0 radical (unpaired) electrons. The highest BCUT2D eigenvalue weighted by atomic mass is 16.4. The average molecular weight is 435 g/mol. The normalized spacial score (nSPS) is 18.0. The van der Waals surface area contributed by atoms with Crippen molar-refractivity contribution in [3.05, 3.63) is 108 Å². The molecule has 0 spiro atoms. The molecule has 3 aromatic carbocycles. The van der Waals surface area contributed by atoms with E-state index in [1.54, 1.807) is 78.9 Å². The Morgan fingerprint density at radius 1 is 0.688 bits per heavy atom. The molecule has 0 aliphatic rings. The van der Waals surface area contributed by atoms with Crippen LogP contribution in [0.15, 0.2) is 91.0 Å². The van der Waals surface area contributed by atoms with Gasteiger partial charge in [-0.05, 0) is 23.6 Å². The highest BCUT2D eigenvalue weighted by molar-refractivity contribution is 5.67. The predicted molar refractivity (Wildman–Crippen MR) is 123 cm³/mol. The molecule has 5 nitrogen and oxygen atoms in total. The third kappa shape index (κ3) is 4.66. The predicted octanol–water partition coefficient (Wildman–Crippen LogP) is 2.49. The first-order chi connectivity index (χ1) is 15.2. The van der Waals surface area contributed by atoms with E-state index in [2.05, 4.69) is 0 Å². The van der Waals surface area contributed by atoms with Crippen molar-refractivity contribution in [2.45, 2.75) is 49.1 Å². The summed E-state index contributed by atoms with van der Waals surface area (Å²) in [6.07, 6.45) is -1.82. The maximum absolute atomic E-state index is 12.4. The van der Waals surface area contributed by atoms with Crippen LogP contribution in [0.25, 0.3) is 0 Å². The van der Waals surface area contributed by atoms with Gasteiger partial charge in [-0.3, -0.25) is 0 Å². The van der Waals surface area contributed by atoms with E-state index >= 15 is 0 Å². The number of rotatable bonds is 10. The molecule has 0 aliphatic heterocycles. The Hall–Kier alpha value is -2.83. The molecule has 0 aliphatic carbocycles. The Morgan fingerprint density at radius 3 is 1.44 bits per heavy atom. The molecule has 5 heteroatoms. The Bertz CT molecular complexity index is 992. The minimum absolute atomic E-state index is 0.167. The molecule has 3 rings (SSSR count). The van der Waals surface area contributed by atoms with Gasteiger partial charge >= 0.3 is 0 Å². The van der Waals surface area contributed by atoms with Gasteiger partial charge in [0.2, 0.25) is 0 Å². The molecule has 0 heterocycles. The second kappa shape index (κ2) is 9.76. The Kier molecular flexibility index (Phi) is 7.26. The highest BCUT2D eigenvalue weighted by Gasteiger charge is 2.63. The van der Waals surface area contributed by atoms with Crippen molar-refractivity contribution in [3.8, 4) is 0 Å². The van der Waals surface area contributed by atoms with E-state index in [1.165, 1.54) is 6.92 Å². The highest BCUT2D eigenvalue weighted by Crippen LogP contribution is 2.41. The first kappa shape index (κ1) is 23.8. The summed E-state index contributed by atoms with van der Waals surface area (Å²) in [7, 11) is 0. The van der Waals surface area contributed by atoms with Crippen molar-refractivity contribution in [1.82, 2.24) is 0 Å². The SMILES string of the molecule is C[C@H](O)[C@](O)(Cc1ccccc1)[C@](O)(Cc1ccccc1)[C@](O)(C=O)Cc1ccccc1. The average Bonchev–Trinajstić information content (AvgIpc) is 2.80. The van der Waals surface area contributed by atoms with Gasteiger partial charge in [0.25, 0.3) is 0 Å². The van der Waals surface area contributed by atoms with Crippen LogP contribution in [0.2, 0.25) is 0 Å². The van der Waals surface area contributed by atoms with E-state index in [0.29, 0.717) is 16.7 Å². The number of benzene rings is 3.